The van der Waals surface area contributed by atoms with Crippen molar-refractivity contribution >= 4 is 34.7 Å². The van der Waals surface area contributed by atoms with Crippen molar-refractivity contribution in [2.75, 3.05) is 27.2 Å². The topological polar surface area (TPSA) is 104 Å². The molecule has 0 unspecified atom stereocenters. The second kappa shape index (κ2) is 9.28. The summed E-state index contributed by atoms with van der Waals surface area (Å²) >= 11 is 5.91. The largest absolute Gasteiger partial charge is 0.507 e. The first kappa shape index (κ1) is 22.5. The zero-order valence-corrected chi connectivity index (χ0v) is 17.9. The number of likely N-dealkylation sites (tertiary alicyclic amines) is 1. The number of ketones is 1. The summed E-state index contributed by atoms with van der Waals surface area (Å²) in [4.78, 5) is 39.6. The molecule has 0 saturated carbocycles. The molecule has 0 aliphatic carbocycles. The van der Waals surface area contributed by atoms with Crippen LogP contribution < -0.4 is 0 Å². The van der Waals surface area contributed by atoms with Crippen LogP contribution in [-0.2, 0) is 9.59 Å². The van der Waals surface area contributed by atoms with Crippen LogP contribution in [0, 0.1) is 10.1 Å². The predicted molar refractivity (Wildman–Crippen MR) is 117 cm³/mol. The maximum Gasteiger partial charge on any atom is 0.295 e. The van der Waals surface area contributed by atoms with Gasteiger partial charge in [0.1, 0.15) is 5.76 Å². The zero-order valence-electron chi connectivity index (χ0n) is 17.1. The fourth-order valence-corrected chi connectivity index (χ4v) is 3.68. The van der Waals surface area contributed by atoms with Gasteiger partial charge in [0, 0.05) is 29.3 Å². The Morgan fingerprint density at radius 3 is 2.29 bits per heavy atom. The lowest BCUT2D eigenvalue weighted by molar-refractivity contribution is -0.384. The number of halogens is 1. The molecule has 0 radical (unpaired) electrons. The van der Waals surface area contributed by atoms with Gasteiger partial charge in [0.25, 0.3) is 17.4 Å². The highest BCUT2D eigenvalue weighted by molar-refractivity contribution is 6.46. The molecule has 1 aliphatic heterocycles. The molecular weight excluding hydrogens is 422 g/mol. The smallest absolute Gasteiger partial charge is 0.295 e. The molecule has 3 rings (SSSR count). The molecule has 2 aromatic carbocycles. The van der Waals surface area contributed by atoms with E-state index in [1.165, 1.54) is 29.2 Å². The molecule has 2 aromatic rings. The lowest BCUT2D eigenvalue weighted by Gasteiger charge is -2.26. The molecule has 1 amide bonds. The van der Waals surface area contributed by atoms with Crippen molar-refractivity contribution in [3.05, 3.63) is 80.4 Å². The highest BCUT2D eigenvalue weighted by Gasteiger charge is 2.45. The molecule has 31 heavy (non-hydrogen) atoms. The van der Waals surface area contributed by atoms with Crippen LogP contribution in [0.15, 0.2) is 54.1 Å². The van der Waals surface area contributed by atoms with E-state index in [9.17, 15) is 24.8 Å². The number of carbonyl (C=O) groups is 2. The van der Waals surface area contributed by atoms with Crippen LogP contribution in [-0.4, -0.2) is 58.7 Å². The van der Waals surface area contributed by atoms with Crippen LogP contribution in [0.2, 0.25) is 5.02 Å². The molecule has 1 aliphatic rings. The van der Waals surface area contributed by atoms with Crippen LogP contribution >= 0.6 is 11.6 Å². The van der Waals surface area contributed by atoms with Crippen LogP contribution in [0.1, 0.15) is 23.6 Å². The average molecular weight is 444 g/mol. The van der Waals surface area contributed by atoms with Crippen LogP contribution in [0.25, 0.3) is 5.76 Å². The standard InChI is InChI=1S/C22H22ClN3O5/c1-24(2)12-3-13-25-19(14-6-10-17(11-7-14)26(30)31)18(21(28)22(25)29)20(27)15-4-8-16(23)9-5-15/h4-11,19,27H,3,12-13H2,1-2H3/b20-18+/t19-/m1/s1. The molecule has 8 nitrogen and oxygen atoms in total. The maximum atomic E-state index is 12.9. The minimum Gasteiger partial charge on any atom is -0.507 e. The third kappa shape index (κ3) is 4.76. The minimum atomic E-state index is -0.848. The van der Waals surface area contributed by atoms with Crippen LogP contribution in [0.5, 0.6) is 0 Å². The Morgan fingerprint density at radius 1 is 1.13 bits per heavy atom. The van der Waals surface area contributed by atoms with Crippen molar-refractivity contribution < 1.29 is 19.6 Å². The number of nitrogens with zero attached hydrogens (tertiary/aromatic N) is 3. The second-order valence-corrected chi connectivity index (χ2v) is 7.94. The van der Waals surface area contributed by atoms with Crippen LogP contribution in [0.3, 0.4) is 0 Å². The highest BCUT2D eigenvalue weighted by Crippen LogP contribution is 2.40. The van der Waals surface area contributed by atoms with Gasteiger partial charge in [-0.1, -0.05) is 11.6 Å². The van der Waals surface area contributed by atoms with Gasteiger partial charge in [-0.25, -0.2) is 0 Å². The Labute approximate surface area is 184 Å². The molecule has 0 spiro atoms. The van der Waals surface area contributed by atoms with E-state index in [1.54, 1.807) is 24.3 Å². The summed E-state index contributed by atoms with van der Waals surface area (Å²) in [5.74, 6) is -1.81. The number of rotatable bonds is 7. The number of nitro groups is 1. The van der Waals surface area contributed by atoms with Gasteiger partial charge < -0.3 is 14.9 Å². The Balaban J connectivity index is 2.09. The Hall–Kier alpha value is -3.23. The zero-order chi connectivity index (χ0) is 22.7. The Bertz CT molecular complexity index is 1030. The summed E-state index contributed by atoms with van der Waals surface area (Å²) in [6, 6.07) is 11.1. The van der Waals surface area contributed by atoms with Gasteiger partial charge in [-0.2, -0.15) is 0 Å². The molecule has 1 saturated heterocycles. The number of carbonyl (C=O) groups excluding carboxylic acids is 2. The number of hydrogen-bond acceptors (Lipinski definition) is 6. The molecule has 1 fully saturated rings. The van der Waals surface area contributed by atoms with E-state index in [4.69, 9.17) is 11.6 Å². The minimum absolute atomic E-state index is 0.0500. The number of benzene rings is 2. The maximum absolute atomic E-state index is 12.9. The van der Waals surface area contributed by atoms with E-state index < -0.39 is 22.7 Å². The molecule has 1 N–H and O–H groups in total. The number of amides is 1. The molecule has 0 bridgehead atoms. The van der Waals surface area contributed by atoms with E-state index in [0.717, 1.165) is 0 Å². The van der Waals surface area contributed by atoms with Gasteiger partial charge in [0.05, 0.1) is 16.5 Å². The van der Waals surface area contributed by atoms with Gasteiger partial charge in [0.2, 0.25) is 0 Å². The van der Waals surface area contributed by atoms with Crippen molar-refractivity contribution in [1.82, 2.24) is 9.80 Å². The van der Waals surface area contributed by atoms with Gasteiger partial charge in [0.15, 0.2) is 0 Å². The number of aliphatic hydroxyl groups is 1. The van der Waals surface area contributed by atoms with Gasteiger partial charge in [-0.05, 0) is 69.0 Å². The fourth-order valence-electron chi connectivity index (χ4n) is 3.56. The number of non-ortho nitro benzene ring substituents is 1. The third-order valence-corrected chi connectivity index (χ3v) is 5.33. The fraction of sp³-hybridized carbons (Fsp3) is 0.273. The van der Waals surface area contributed by atoms with E-state index in [-0.39, 0.29) is 17.0 Å². The van der Waals surface area contributed by atoms with Crippen molar-refractivity contribution in [3.8, 4) is 0 Å². The third-order valence-electron chi connectivity index (χ3n) is 5.08. The van der Waals surface area contributed by atoms with Gasteiger partial charge in [-0.15, -0.1) is 0 Å². The lowest BCUT2D eigenvalue weighted by Crippen LogP contribution is -2.32. The Kier molecular flexibility index (Phi) is 6.72. The van der Waals surface area contributed by atoms with Crippen molar-refractivity contribution in [2.24, 2.45) is 0 Å². The highest BCUT2D eigenvalue weighted by atomic mass is 35.5. The monoisotopic (exact) mass is 443 g/mol. The van der Waals surface area contributed by atoms with Crippen molar-refractivity contribution in [3.63, 3.8) is 0 Å². The lowest BCUT2D eigenvalue weighted by atomic mass is 9.95. The normalized spacial score (nSPS) is 18.1. The first-order valence-corrected chi connectivity index (χ1v) is 10.0. The molecular formula is C22H22ClN3O5. The molecule has 0 aromatic heterocycles. The van der Waals surface area contributed by atoms with E-state index in [2.05, 4.69) is 0 Å². The number of nitro benzene ring substituents is 1. The van der Waals surface area contributed by atoms with Crippen molar-refractivity contribution in [2.45, 2.75) is 12.5 Å². The molecule has 162 valence electrons. The Morgan fingerprint density at radius 2 is 1.74 bits per heavy atom. The van der Waals surface area contributed by atoms with E-state index >= 15 is 0 Å². The van der Waals surface area contributed by atoms with Crippen LogP contribution in [0.4, 0.5) is 5.69 Å². The van der Waals surface area contributed by atoms with E-state index in [1.807, 2.05) is 19.0 Å². The predicted octanol–water partition coefficient (Wildman–Crippen LogP) is 3.62. The number of Topliss-reactive ketones (excluding diaryl/α,β-unsaturated/α-hetero) is 1. The molecule has 9 heteroatoms. The first-order valence-electron chi connectivity index (χ1n) is 9.64. The molecule has 1 atom stereocenters. The molecule has 1 heterocycles. The number of aliphatic hydroxyl groups excluding tert-OH is 1. The number of hydrogen-bond donors (Lipinski definition) is 1. The summed E-state index contributed by atoms with van der Waals surface area (Å²) in [6.07, 6.45) is 0.616. The quantitative estimate of drug-likeness (QED) is 0.230. The summed E-state index contributed by atoms with van der Waals surface area (Å²) in [6.45, 7) is 0.995. The SMILES string of the molecule is CN(C)CCCN1C(=O)C(=O)/C(=C(/O)c2ccc(Cl)cc2)[C@H]1c1ccc([N+](=O)[O-])cc1. The first-order chi connectivity index (χ1) is 14.7. The summed E-state index contributed by atoms with van der Waals surface area (Å²) in [5.41, 5.74) is 0.699. The van der Waals surface area contributed by atoms with Gasteiger partial charge >= 0.3 is 0 Å². The average Bonchev–Trinajstić information content (AvgIpc) is 2.98. The summed E-state index contributed by atoms with van der Waals surface area (Å²) in [7, 11) is 3.81. The van der Waals surface area contributed by atoms with E-state index in [0.29, 0.717) is 35.7 Å². The second-order valence-electron chi connectivity index (χ2n) is 7.50. The van der Waals surface area contributed by atoms with Gasteiger partial charge in [-0.3, -0.25) is 19.7 Å². The van der Waals surface area contributed by atoms with Crippen molar-refractivity contribution in [1.29, 1.82) is 0 Å². The summed E-state index contributed by atoms with van der Waals surface area (Å²) in [5, 5.41) is 22.4. The summed E-state index contributed by atoms with van der Waals surface area (Å²) < 4.78 is 0.